The molecule has 0 aromatic heterocycles. The van der Waals surface area contributed by atoms with Crippen molar-refractivity contribution in [3.05, 3.63) is 28.2 Å². The van der Waals surface area contributed by atoms with Crippen LogP contribution in [0.3, 0.4) is 0 Å². The molecule has 0 saturated heterocycles. The lowest BCUT2D eigenvalue weighted by Gasteiger charge is -2.24. The lowest BCUT2D eigenvalue weighted by atomic mass is 10.1. The Bertz CT molecular complexity index is 469. The average molecular weight is 311 g/mol. The van der Waals surface area contributed by atoms with Gasteiger partial charge in [0.25, 0.3) is 0 Å². The lowest BCUT2D eigenvalue weighted by Crippen LogP contribution is -2.31. The first kappa shape index (κ1) is 14.5. The number of carbonyl (C=O) groups excluding carboxylic acids is 1. The summed E-state index contributed by atoms with van der Waals surface area (Å²) in [6, 6.07) is 7.53. The summed E-state index contributed by atoms with van der Waals surface area (Å²) in [5.74, 6) is -0.313. The van der Waals surface area contributed by atoms with E-state index in [1.165, 1.54) is 7.11 Å². The van der Waals surface area contributed by atoms with Crippen LogP contribution in [-0.2, 0) is 9.53 Å². The van der Waals surface area contributed by atoms with Gasteiger partial charge in [0, 0.05) is 11.0 Å². The molecule has 5 heteroatoms. The summed E-state index contributed by atoms with van der Waals surface area (Å²) in [7, 11) is 1.36. The highest BCUT2D eigenvalue weighted by Gasteiger charge is 2.15. The van der Waals surface area contributed by atoms with Gasteiger partial charge in [-0.1, -0.05) is 22.9 Å². The largest absolute Gasteiger partial charge is 0.468 e. The molecular weight excluding hydrogens is 296 g/mol. The van der Waals surface area contributed by atoms with Gasteiger partial charge in [0.05, 0.1) is 18.4 Å². The molecule has 0 unspecified atom stereocenters. The fraction of sp³-hybridized carbons (Fsp3) is 0.385. The molecule has 0 fully saturated rings. The number of methoxy groups -OCH3 is 1. The molecule has 0 aliphatic heterocycles. The molecule has 0 amide bonds. The van der Waals surface area contributed by atoms with E-state index in [0.717, 1.165) is 16.6 Å². The van der Waals surface area contributed by atoms with Crippen LogP contribution in [0.5, 0.6) is 0 Å². The third-order valence-corrected chi connectivity index (χ3v) is 2.96. The molecule has 0 bridgehead atoms. The molecule has 0 aliphatic carbocycles. The van der Waals surface area contributed by atoms with Gasteiger partial charge in [0.15, 0.2) is 0 Å². The molecule has 18 heavy (non-hydrogen) atoms. The van der Waals surface area contributed by atoms with Crippen LogP contribution in [0.15, 0.2) is 22.7 Å². The number of hydrogen-bond acceptors (Lipinski definition) is 4. The topological polar surface area (TPSA) is 53.3 Å². The Morgan fingerprint density at radius 2 is 2.28 bits per heavy atom. The molecule has 96 valence electrons. The molecule has 0 heterocycles. The van der Waals surface area contributed by atoms with Crippen molar-refractivity contribution in [2.45, 2.75) is 13.3 Å². The Morgan fingerprint density at radius 3 is 2.83 bits per heavy atom. The van der Waals surface area contributed by atoms with Crippen LogP contribution in [0.1, 0.15) is 18.9 Å². The molecule has 1 aromatic carbocycles. The van der Waals surface area contributed by atoms with Gasteiger partial charge in [-0.05, 0) is 24.6 Å². The summed E-state index contributed by atoms with van der Waals surface area (Å²) < 4.78 is 5.55. The third kappa shape index (κ3) is 3.74. The molecule has 0 radical (unpaired) electrons. The van der Waals surface area contributed by atoms with Gasteiger partial charge in [-0.2, -0.15) is 5.26 Å². The molecule has 1 aromatic rings. The number of ether oxygens (including phenoxy) is 1. The Kier molecular flexibility index (Phi) is 5.66. The van der Waals surface area contributed by atoms with Crippen molar-refractivity contribution >= 4 is 27.6 Å². The monoisotopic (exact) mass is 310 g/mol. The van der Waals surface area contributed by atoms with E-state index in [1.807, 2.05) is 24.0 Å². The Hall–Kier alpha value is -1.54. The summed E-state index contributed by atoms with van der Waals surface area (Å²) in [4.78, 5) is 13.3. The predicted octanol–water partition coefficient (Wildman–Crippen LogP) is 2.71. The van der Waals surface area contributed by atoms with E-state index in [9.17, 15) is 4.79 Å². The average Bonchev–Trinajstić information content (AvgIpc) is 2.38. The van der Waals surface area contributed by atoms with E-state index in [1.54, 1.807) is 6.07 Å². The second kappa shape index (κ2) is 7.02. The molecule has 0 aliphatic rings. The smallest absolute Gasteiger partial charge is 0.325 e. The number of carbonyl (C=O) groups is 1. The number of anilines is 1. The maximum atomic E-state index is 11.4. The van der Waals surface area contributed by atoms with Crippen LogP contribution < -0.4 is 4.90 Å². The second-order valence-electron chi connectivity index (χ2n) is 3.77. The minimum absolute atomic E-state index is 0.148. The molecule has 0 spiro atoms. The number of nitriles is 1. The van der Waals surface area contributed by atoms with E-state index < -0.39 is 0 Å². The van der Waals surface area contributed by atoms with Crippen molar-refractivity contribution < 1.29 is 9.53 Å². The van der Waals surface area contributed by atoms with Gasteiger partial charge in [-0.15, -0.1) is 0 Å². The maximum absolute atomic E-state index is 11.4. The van der Waals surface area contributed by atoms with E-state index in [-0.39, 0.29) is 12.5 Å². The summed E-state index contributed by atoms with van der Waals surface area (Å²) in [6.07, 6.45) is 0.883. The second-order valence-corrected chi connectivity index (χ2v) is 4.69. The molecular formula is C13H15BrN2O2. The lowest BCUT2D eigenvalue weighted by molar-refractivity contribution is -0.138. The summed E-state index contributed by atoms with van der Waals surface area (Å²) in [5.41, 5.74) is 1.30. The molecule has 0 N–H and O–H groups in total. The molecule has 4 nitrogen and oxygen atoms in total. The van der Waals surface area contributed by atoms with Gasteiger partial charge in [-0.25, -0.2) is 0 Å². The normalized spacial score (nSPS) is 9.67. The van der Waals surface area contributed by atoms with Crippen LogP contribution in [0.4, 0.5) is 5.69 Å². The van der Waals surface area contributed by atoms with Crippen LogP contribution in [-0.4, -0.2) is 26.2 Å². The van der Waals surface area contributed by atoms with Gasteiger partial charge in [-0.3, -0.25) is 4.79 Å². The Labute approximate surface area is 115 Å². The van der Waals surface area contributed by atoms with E-state index >= 15 is 0 Å². The molecule has 0 atom stereocenters. The first-order chi connectivity index (χ1) is 8.62. The SMILES string of the molecule is CCCN(CC(=O)OC)c1cc(Br)ccc1C#N. The molecule has 1 rings (SSSR count). The Morgan fingerprint density at radius 1 is 1.56 bits per heavy atom. The quantitative estimate of drug-likeness (QED) is 0.785. The number of rotatable bonds is 5. The summed E-state index contributed by atoms with van der Waals surface area (Å²) >= 11 is 3.38. The van der Waals surface area contributed by atoms with Gasteiger partial charge in [0.2, 0.25) is 0 Å². The van der Waals surface area contributed by atoms with Crippen molar-refractivity contribution in [3.8, 4) is 6.07 Å². The minimum Gasteiger partial charge on any atom is -0.468 e. The summed E-state index contributed by atoms with van der Waals surface area (Å²) in [6.45, 7) is 2.87. The first-order valence-corrected chi connectivity index (χ1v) is 6.43. The minimum atomic E-state index is -0.313. The number of hydrogen-bond donors (Lipinski definition) is 0. The first-order valence-electron chi connectivity index (χ1n) is 5.63. The van der Waals surface area contributed by atoms with Crippen LogP contribution in [0.2, 0.25) is 0 Å². The zero-order chi connectivity index (χ0) is 13.5. The van der Waals surface area contributed by atoms with Crippen molar-refractivity contribution in [3.63, 3.8) is 0 Å². The van der Waals surface area contributed by atoms with E-state index in [0.29, 0.717) is 12.1 Å². The van der Waals surface area contributed by atoms with Crippen molar-refractivity contribution in [1.29, 1.82) is 5.26 Å². The number of nitrogens with zero attached hydrogens (tertiary/aromatic N) is 2. The van der Waals surface area contributed by atoms with Gasteiger partial charge < -0.3 is 9.64 Å². The van der Waals surface area contributed by atoms with Crippen LogP contribution >= 0.6 is 15.9 Å². The van der Waals surface area contributed by atoms with Crippen molar-refractivity contribution in [2.24, 2.45) is 0 Å². The fourth-order valence-electron chi connectivity index (χ4n) is 1.64. The highest BCUT2D eigenvalue weighted by atomic mass is 79.9. The number of halogens is 1. The third-order valence-electron chi connectivity index (χ3n) is 2.46. The highest BCUT2D eigenvalue weighted by molar-refractivity contribution is 9.10. The molecule has 0 saturated carbocycles. The fourth-order valence-corrected chi connectivity index (χ4v) is 1.98. The number of benzene rings is 1. The van der Waals surface area contributed by atoms with Gasteiger partial charge in [0.1, 0.15) is 12.6 Å². The van der Waals surface area contributed by atoms with E-state index in [2.05, 4.69) is 26.7 Å². The Balaban J connectivity index is 3.08. The zero-order valence-electron chi connectivity index (χ0n) is 10.4. The zero-order valence-corrected chi connectivity index (χ0v) is 12.0. The van der Waals surface area contributed by atoms with Crippen molar-refractivity contribution in [1.82, 2.24) is 0 Å². The van der Waals surface area contributed by atoms with Crippen molar-refractivity contribution in [2.75, 3.05) is 25.1 Å². The maximum Gasteiger partial charge on any atom is 0.325 e. The van der Waals surface area contributed by atoms with E-state index in [4.69, 9.17) is 5.26 Å². The standard InChI is InChI=1S/C13H15BrN2O2/c1-3-6-16(9-13(17)18-2)12-7-11(14)5-4-10(12)8-15/h4-5,7H,3,6,9H2,1-2H3. The number of esters is 1. The van der Waals surface area contributed by atoms with Gasteiger partial charge >= 0.3 is 5.97 Å². The van der Waals surface area contributed by atoms with Crippen LogP contribution in [0, 0.1) is 11.3 Å². The summed E-state index contributed by atoms with van der Waals surface area (Å²) in [5, 5.41) is 9.11. The van der Waals surface area contributed by atoms with Crippen LogP contribution in [0.25, 0.3) is 0 Å². The predicted molar refractivity (Wildman–Crippen MR) is 73.4 cm³/mol. The highest BCUT2D eigenvalue weighted by Crippen LogP contribution is 2.25.